The number of Topliss-reactive ketones (excluding diaryl/α,β-unsaturated/α-hetero) is 2. The van der Waals surface area contributed by atoms with Gasteiger partial charge in [0.25, 0.3) is 0 Å². The minimum atomic E-state index is -1.00. The highest BCUT2D eigenvalue weighted by atomic mass is 16.3. The van der Waals surface area contributed by atoms with Crippen molar-refractivity contribution in [1.82, 2.24) is 10.2 Å². The minimum Gasteiger partial charge on any atom is -0.388 e. The Labute approximate surface area is 295 Å². The number of amidine groups is 1. The molecule has 1 aliphatic rings. The van der Waals surface area contributed by atoms with Gasteiger partial charge in [-0.2, -0.15) is 0 Å². The molecule has 1 rings (SSSR count). The van der Waals surface area contributed by atoms with Gasteiger partial charge in [-0.15, -0.1) is 0 Å². The Hall–Kier alpha value is -3.88. The summed E-state index contributed by atoms with van der Waals surface area (Å²) in [5.41, 5.74) is 6.92. The van der Waals surface area contributed by atoms with E-state index in [2.05, 4.69) is 49.5 Å². The zero-order chi connectivity index (χ0) is 36.6. The first-order chi connectivity index (χ1) is 23.4. The van der Waals surface area contributed by atoms with Crippen molar-refractivity contribution in [3.8, 4) is 0 Å². The van der Waals surface area contributed by atoms with Crippen LogP contribution >= 0.6 is 0 Å². The van der Waals surface area contributed by atoms with Gasteiger partial charge in [-0.25, -0.2) is 0 Å². The van der Waals surface area contributed by atoms with E-state index in [0.29, 0.717) is 23.2 Å². The normalized spacial score (nSPS) is 17.9. The number of carbonyl (C=O) groups excluding carboxylic acids is 3. The lowest BCUT2D eigenvalue weighted by Gasteiger charge is -2.18. The minimum absolute atomic E-state index is 0.0170. The molecule has 0 aromatic carbocycles. The van der Waals surface area contributed by atoms with Gasteiger partial charge in [-0.3, -0.25) is 19.8 Å². The smallest absolute Gasteiger partial charge is 0.247 e. The summed E-state index contributed by atoms with van der Waals surface area (Å²) in [6.07, 6.45) is 34.1. The molecule has 0 aliphatic heterocycles. The zero-order valence-electron chi connectivity index (χ0n) is 30.7. The monoisotopic (exact) mass is 674 g/mol. The standard InChI is InChI=1S/C41H62N4O4/c1-31(21-15-12-13-20-28-45(6)38(43)30-42)22-16-14-17-23-32(2)29-35(5)40(48)33(3)24-18-10-8-7-9-11-19-25-34(4)41(49)44-39-36(46)26-27-37(39)47/h7-12,15-16,18-19,22,24-25,29,31-33,39-40,43,48H,13-14,17,20-21,23,26-28,30,42H2,1-6H3,(H,44,49)/b9-7+,10-8+,15-12?,19-11?,22-16?,24-18?,34-25?,35-29?,43-38?. The van der Waals surface area contributed by atoms with Gasteiger partial charge in [0.15, 0.2) is 11.6 Å². The number of hydrogen-bond donors (Lipinski definition) is 4. The van der Waals surface area contributed by atoms with Gasteiger partial charge in [0.05, 0.1) is 12.6 Å². The predicted molar refractivity (Wildman–Crippen MR) is 204 cm³/mol. The van der Waals surface area contributed by atoms with E-state index in [1.807, 2.05) is 62.3 Å². The third-order valence-corrected chi connectivity index (χ3v) is 8.52. The molecule has 8 nitrogen and oxygen atoms in total. The Morgan fingerprint density at radius 2 is 1.53 bits per heavy atom. The highest BCUT2D eigenvalue weighted by Gasteiger charge is 2.34. The van der Waals surface area contributed by atoms with Gasteiger partial charge in [-0.1, -0.05) is 106 Å². The molecular weight excluding hydrogens is 612 g/mol. The maximum Gasteiger partial charge on any atom is 0.247 e. The number of hydrogen-bond acceptors (Lipinski definition) is 6. The van der Waals surface area contributed by atoms with E-state index in [4.69, 9.17) is 11.1 Å². The second-order valence-corrected chi connectivity index (χ2v) is 13.2. The summed E-state index contributed by atoms with van der Waals surface area (Å²) in [4.78, 5) is 37.5. The van der Waals surface area contributed by atoms with E-state index in [0.717, 1.165) is 50.6 Å². The van der Waals surface area contributed by atoms with Gasteiger partial charge < -0.3 is 21.1 Å². The number of ketones is 2. The molecule has 4 unspecified atom stereocenters. The van der Waals surface area contributed by atoms with Gasteiger partial charge >= 0.3 is 0 Å². The van der Waals surface area contributed by atoms with E-state index < -0.39 is 18.1 Å². The molecule has 270 valence electrons. The first-order valence-electron chi connectivity index (χ1n) is 17.7. The van der Waals surface area contributed by atoms with E-state index in [9.17, 15) is 19.5 Å². The zero-order valence-corrected chi connectivity index (χ0v) is 30.7. The maximum atomic E-state index is 12.2. The van der Waals surface area contributed by atoms with Gasteiger partial charge in [0, 0.05) is 37.9 Å². The van der Waals surface area contributed by atoms with E-state index in [-0.39, 0.29) is 36.9 Å². The third-order valence-electron chi connectivity index (χ3n) is 8.52. The van der Waals surface area contributed by atoms with Crippen molar-refractivity contribution in [2.75, 3.05) is 20.1 Å². The van der Waals surface area contributed by atoms with E-state index in [1.165, 1.54) is 0 Å². The van der Waals surface area contributed by atoms with E-state index in [1.54, 1.807) is 25.2 Å². The Morgan fingerprint density at radius 1 is 0.918 bits per heavy atom. The molecular formula is C41H62N4O4. The lowest BCUT2D eigenvalue weighted by molar-refractivity contribution is -0.129. The Bertz CT molecular complexity index is 1280. The number of nitrogens with one attached hydrogen (secondary N) is 2. The van der Waals surface area contributed by atoms with Gasteiger partial charge in [-0.05, 0) is 69.8 Å². The first kappa shape index (κ1) is 43.1. The van der Waals surface area contributed by atoms with Gasteiger partial charge in [0.2, 0.25) is 5.91 Å². The highest BCUT2D eigenvalue weighted by molar-refractivity contribution is 6.15. The Morgan fingerprint density at radius 3 is 2.18 bits per heavy atom. The molecule has 0 aromatic heterocycles. The fourth-order valence-corrected chi connectivity index (χ4v) is 5.24. The van der Waals surface area contributed by atoms with Crippen molar-refractivity contribution in [3.63, 3.8) is 0 Å². The van der Waals surface area contributed by atoms with Crippen molar-refractivity contribution in [2.24, 2.45) is 23.5 Å². The predicted octanol–water partition coefficient (Wildman–Crippen LogP) is 7.11. The van der Waals surface area contributed by atoms with Crippen LogP contribution in [-0.4, -0.2) is 65.6 Å². The highest BCUT2D eigenvalue weighted by Crippen LogP contribution is 2.19. The number of nitrogens with zero attached hydrogens (tertiary/aromatic N) is 1. The van der Waals surface area contributed by atoms with Crippen molar-refractivity contribution >= 4 is 23.3 Å². The average molecular weight is 675 g/mol. The third kappa shape index (κ3) is 19.0. The van der Waals surface area contributed by atoms with Crippen LogP contribution < -0.4 is 11.1 Å². The summed E-state index contributed by atoms with van der Waals surface area (Å²) in [6, 6.07) is -1.00. The molecule has 0 spiro atoms. The fourth-order valence-electron chi connectivity index (χ4n) is 5.24. The number of aliphatic hydroxyl groups is 1. The number of aliphatic hydroxyl groups excluding tert-OH is 1. The molecule has 49 heavy (non-hydrogen) atoms. The molecule has 0 aromatic rings. The summed E-state index contributed by atoms with van der Waals surface area (Å²) in [7, 11) is 1.92. The van der Waals surface area contributed by atoms with Crippen LogP contribution in [0.4, 0.5) is 0 Å². The molecule has 0 heterocycles. The summed E-state index contributed by atoms with van der Waals surface area (Å²) in [6.45, 7) is 11.3. The number of nitrogens with two attached hydrogens (primary N) is 1. The van der Waals surface area contributed by atoms with Crippen LogP contribution in [0, 0.1) is 23.2 Å². The van der Waals surface area contributed by atoms with Gasteiger partial charge in [0.1, 0.15) is 11.9 Å². The molecule has 1 fully saturated rings. The van der Waals surface area contributed by atoms with Crippen molar-refractivity contribution in [1.29, 1.82) is 5.41 Å². The summed E-state index contributed by atoms with van der Waals surface area (Å²) >= 11 is 0. The van der Waals surface area contributed by atoms with Crippen molar-refractivity contribution < 1.29 is 19.5 Å². The SMILES string of the molecule is CC(=CC=C/C=C/C=C/C=CC(C)C(O)C(C)=CC(C)CCCC=CC(C)CC=CCCCN(C)C(=N)CN)C(=O)NC1C(=O)CCC1=O. The largest absolute Gasteiger partial charge is 0.388 e. The molecule has 1 aliphatic carbocycles. The second kappa shape index (κ2) is 25.1. The molecule has 8 heteroatoms. The second-order valence-electron chi connectivity index (χ2n) is 13.2. The topological polar surface area (TPSA) is 137 Å². The first-order valence-corrected chi connectivity index (χ1v) is 17.7. The lowest BCUT2D eigenvalue weighted by Crippen LogP contribution is -2.42. The van der Waals surface area contributed by atoms with Crippen LogP contribution in [-0.2, 0) is 14.4 Å². The number of unbranched alkanes of at least 4 members (excludes halogenated alkanes) is 2. The summed E-state index contributed by atoms with van der Waals surface area (Å²) < 4.78 is 0. The molecule has 0 saturated heterocycles. The quantitative estimate of drug-likeness (QED) is 0.0184. The van der Waals surface area contributed by atoms with Crippen LogP contribution in [0.5, 0.6) is 0 Å². The van der Waals surface area contributed by atoms with Crippen molar-refractivity contribution in [2.45, 2.75) is 98.1 Å². The maximum absolute atomic E-state index is 12.2. The van der Waals surface area contributed by atoms with Crippen LogP contribution in [0.2, 0.25) is 0 Å². The molecule has 5 N–H and O–H groups in total. The Kier molecular flexibility index (Phi) is 22.1. The number of allylic oxidation sites excluding steroid dienone is 13. The van der Waals surface area contributed by atoms with Crippen LogP contribution in [0.15, 0.2) is 96.2 Å². The number of likely N-dealkylation sites (N-methyl/N-ethyl adjacent to an activating group) is 1. The average Bonchev–Trinajstić information content (AvgIpc) is 3.39. The number of rotatable bonds is 22. The van der Waals surface area contributed by atoms with Crippen molar-refractivity contribution in [3.05, 3.63) is 96.2 Å². The number of amides is 1. The lowest BCUT2D eigenvalue weighted by atomic mass is 9.93. The molecule has 4 atom stereocenters. The number of carbonyl (C=O) groups is 3. The molecule has 0 radical (unpaired) electrons. The molecule has 1 saturated carbocycles. The molecule has 0 bridgehead atoms. The molecule has 1 amide bonds. The fraction of sp³-hybridized carbons (Fsp3) is 0.512. The van der Waals surface area contributed by atoms with E-state index >= 15 is 0 Å². The van der Waals surface area contributed by atoms with Crippen LogP contribution in [0.25, 0.3) is 0 Å². The Balaban J connectivity index is 2.31. The summed E-state index contributed by atoms with van der Waals surface area (Å²) in [5, 5.41) is 21.0. The van der Waals surface area contributed by atoms with Crippen LogP contribution in [0.3, 0.4) is 0 Å². The summed E-state index contributed by atoms with van der Waals surface area (Å²) in [5.74, 6) is 0.501. The van der Waals surface area contributed by atoms with Crippen LogP contribution in [0.1, 0.15) is 86.0 Å².